The lowest BCUT2D eigenvalue weighted by molar-refractivity contribution is -0.137. The van der Waals surface area contributed by atoms with Gasteiger partial charge < -0.3 is 10.6 Å². The van der Waals surface area contributed by atoms with E-state index < -0.39 is 23.6 Å². The van der Waals surface area contributed by atoms with Gasteiger partial charge in [-0.3, -0.25) is 14.5 Å². The highest BCUT2D eigenvalue weighted by Gasteiger charge is 2.31. The summed E-state index contributed by atoms with van der Waals surface area (Å²) in [4.78, 5) is 31.7. The summed E-state index contributed by atoms with van der Waals surface area (Å²) < 4.78 is 38.7. The Kier molecular flexibility index (Phi) is 6.68. The van der Waals surface area contributed by atoms with Gasteiger partial charge in [-0.1, -0.05) is 29.0 Å². The molecule has 0 aliphatic carbocycles. The number of rotatable bonds is 6. The normalized spacial score (nSPS) is 13.9. The third-order valence-corrected chi connectivity index (χ3v) is 6.25. The van der Waals surface area contributed by atoms with Gasteiger partial charge in [0, 0.05) is 11.3 Å². The lowest BCUT2D eigenvalue weighted by atomic mass is 10.1. The van der Waals surface area contributed by atoms with Crippen molar-refractivity contribution in [2.75, 3.05) is 23.7 Å². The fourth-order valence-corrected chi connectivity index (χ4v) is 4.23. The molecule has 2 N–H and O–H groups in total. The van der Waals surface area contributed by atoms with Gasteiger partial charge in [0.1, 0.15) is 10.0 Å². The first-order valence-corrected chi connectivity index (χ1v) is 11.1. The van der Waals surface area contributed by atoms with Gasteiger partial charge in [0.05, 0.1) is 28.9 Å². The summed E-state index contributed by atoms with van der Waals surface area (Å²) >= 11 is 7.53. The van der Waals surface area contributed by atoms with Crippen LogP contribution in [0, 0.1) is 0 Å². The molecule has 2 amide bonds. The fourth-order valence-electron chi connectivity index (χ4n) is 3.17. The smallest absolute Gasteiger partial charge is 0.322 e. The molecule has 11 heteroatoms. The van der Waals surface area contributed by atoms with Crippen molar-refractivity contribution in [3.63, 3.8) is 0 Å². The van der Waals surface area contributed by atoms with Crippen LogP contribution in [0.4, 0.5) is 23.9 Å². The van der Waals surface area contributed by atoms with Gasteiger partial charge in [0.15, 0.2) is 0 Å². The Morgan fingerprint density at radius 1 is 1.09 bits per heavy atom. The van der Waals surface area contributed by atoms with Crippen molar-refractivity contribution in [3.8, 4) is 0 Å². The average molecular weight is 495 g/mol. The highest BCUT2D eigenvalue weighted by Crippen LogP contribution is 2.30. The predicted octanol–water partition coefficient (Wildman–Crippen LogP) is 5.53. The van der Waals surface area contributed by atoms with Crippen LogP contribution in [0.1, 0.15) is 37.7 Å². The summed E-state index contributed by atoms with van der Waals surface area (Å²) in [6, 6.07) is 8.34. The van der Waals surface area contributed by atoms with Crippen LogP contribution in [-0.2, 0) is 12.7 Å². The average Bonchev–Trinajstić information content (AvgIpc) is 3.18. The molecule has 4 rings (SSSR count). The second-order valence-electron chi connectivity index (χ2n) is 7.43. The molecule has 0 bridgehead atoms. The molecule has 172 valence electrons. The zero-order chi connectivity index (χ0) is 23.6. The maximum Gasteiger partial charge on any atom is 0.416 e. The maximum absolute atomic E-state index is 12.9. The van der Waals surface area contributed by atoms with Crippen LogP contribution in [0.15, 0.2) is 48.7 Å². The Morgan fingerprint density at radius 3 is 2.58 bits per heavy atom. The number of amides is 2. The summed E-state index contributed by atoms with van der Waals surface area (Å²) in [5, 5.41) is 6.85. The third kappa shape index (κ3) is 5.70. The van der Waals surface area contributed by atoms with Crippen molar-refractivity contribution in [1.29, 1.82) is 0 Å². The number of alkyl halides is 3. The number of hydrogen-bond donors (Lipinski definition) is 2. The van der Waals surface area contributed by atoms with Crippen molar-refractivity contribution in [2.24, 2.45) is 0 Å². The number of halogens is 4. The molecule has 1 saturated heterocycles. The van der Waals surface area contributed by atoms with Crippen LogP contribution >= 0.6 is 22.9 Å². The summed E-state index contributed by atoms with van der Waals surface area (Å²) in [5.74, 6) is -1.23. The van der Waals surface area contributed by atoms with Gasteiger partial charge in [-0.05, 0) is 55.9 Å². The number of anilines is 2. The quantitative estimate of drug-likeness (QED) is 0.473. The molecule has 1 aromatic heterocycles. The Labute approximate surface area is 196 Å². The van der Waals surface area contributed by atoms with Crippen LogP contribution in [0.5, 0.6) is 0 Å². The van der Waals surface area contributed by atoms with E-state index in [1.165, 1.54) is 42.0 Å². The van der Waals surface area contributed by atoms with Crippen LogP contribution in [0.2, 0.25) is 5.02 Å². The van der Waals surface area contributed by atoms with Crippen LogP contribution in [0.3, 0.4) is 0 Å². The van der Waals surface area contributed by atoms with Crippen molar-refractivity contribution >= 4 is 45.4 Å². The minimum Gasteiger partial charge on any atom is -0.322 e. The highest BCUT2D eigenvalue weighted by atomic mass is 35.5. The van der Waals surface area contributed by atoms with E-state index >= 15 is 0 Å². The molecule has 1 fully saturated rings. The lowest BCUT2D eigenvalue weighted by Gasteiger charge is -2.29. The molecular formula is C22H18ClF3N4O2S. The monoisotopic (exact) mass is 494 g/mol. The predicted molar refractivity (Wildman–Crippen MR) is 121 cm³/mol. The standard InChI is InChI=1S/C22H18ClF3N4O2S/c23-17-6-5-15(28-20(31)13-3-1-4-14(9-13)22(24,25)26)10-16(17)21(32)29-18-11-27-19(33-18)12-30-7-2-8-30/h1,3-6,9-11H,2,7-8,12H2,(H,28,31)(H,29,32). The van der Waals surface area contributed by atoms with Crippen molar-refractivity contribution in [3.05, 3.63) is 75.4 Å². The summed E-state index contributed by atoms with van der Waals surface area (Å²) in [7, 11) is 0. The molecule has 0 atom stereocenters. The molecule has 1 aliphatic heterocycles. The zero-order valence-corrected chi connectivity index (χ0v) is 18.7. The molecule has 0 spiro atoms. The van der Waals surface area contributed by atoms with E-state index in [2.05, 4.69) is 20.5 Å². The van der Waals surface area contributed by atoms with Crippen LogP contribution in [-0.4, -0.2) is 34.8 Å². The minimum absolute atomic E-state index is 0.108. The van der Waals surface area contributed by atoms with Gasteiger partial charge in [0.2, 0.25) is 0 Å². The molecule has 0 radical (unpaired) electrons. The van der Waals surface area contributed by atoms with Crippen molar-refractivity contribution in [1.82, 2.24) is 9.88 Å². The number of nitrogens with one attached hydrogen (secondary N) is 2. The molecule has 33 heavy (non-hydrogen) atoms. The first kappa shape index (κ1) is 23.2. The van der Waals surface area contributed by atoms with Gasteiger partial charge >= 0.3 is 6.18 Å². The number of carbonyl (C=O) groups excluding carboxylic acids is 2. The van der Waals surface area contributed by atoms with Gasteiger partial charge in [-0.25, -0.2) is 4.98 Å². The highest BCUT2D eigenvalue weighted by molar-refractivity contribution is 7.15. The number of likely N-dealkylation sites (tertiary alicyclic amines) is 1. The number of nitrogens with zero attached hydrogens (tertiary/aromatic N) is 2. The first-order chi connectivity index (χ1) is 15.7. The van der Waals surface area contributed by atoms with E-state index in [0.29, 0.717) is 5.00 Å². The molecule has 6 nitrogen and oxygen atoms in total. The molecule has 0 unspecified atom stereocenters. The largest absolute Gasteiger partial charge is 0.416 e. The molecule has 2 heterocycles. The van der Waals surface area contributed by atoms with E-state index in [-0.39, 0.29) is 21.8 Å². The minimum atomic E-state index is -4.56. The Hall–Kier alpha value is -2.95. The lowest BCUT2D eigenvalue weighted by Crippen LogP contribution is -2.36. The molecule has 3 aromatic rings. The molecular weight excluding hydrogens is 477 g/mol. The third-order valence-electron chi connectivity index (χ3n) is 5.02. The number of carbonyl (C=O) groups is 2. The number of aromatic nitrogens is 1. The Morgan fingerprint density at radius 2 is 1.88 bits per heavy atom. The summed E-state index contributed by atoms with van der Waals surface area (Å²) in [5.41, 5.74) is -0.763. The zero-order valence-electron chi connectivity index (χ0n) is 17.1. The topological polar surface area (TPSA) is 74.3 Å². The number of benzene rings is 2. The summed E-state index contributed by atoms with van der Waals surface area (Å²) in [6.07, 6.45) is -1.81. The number of thiazole rings is 1. The SMILES string of the molecule is O=C(Nc1ccc(Cl)c(C(=O)Nc2cnc(CN3CCC3)s2)c1)c1cccc(C(F)(F)F)c1. The van der Waals surface area contributed by atoms with E-state index in [0.717, 1.165) is 42.8 Å². The maximum atomic E-state index is 12.9. The molecule has 1 aliphatic rings. The van der Waals surface area contributed by atoms with Crippen molar-refractivity contribution < 1.29 is 22.8 Å². The molecule has 0 saturated carbocycles. The first-order valence-electron chi connectivity index (χ1n) is 9.95. The van der Waals surface area contributed by atoms with Gasteiger partial charge in [-0.15, -0.1) is 0 Å². The van der Waals surface area contributed by atoms with Crippen LogP contribution in [0.25, 0.3) is 0 Å². The molecule has 2 aromatic carbocycles. The van der Waals surface area contributed by atoms with E-state index in [4.69, 9.17) is 11.6 Å². The summed E-state index contributed by atoms with van der Waals surface area (Å²) in [6.45, 7) is 2.81. The fraction of sp³-hybridized carbons (Fsp3) is 0.227. The van der Waals surface area contributed by atoms with Crippen LogP contribution < -0.4 is 10.6 Å². The van der Waals surface area contributed by atoms with E-state index in [1.54, 1.807) is 6.20 Å². The Balaban J connectivity index is 1.45. The van der Waals surface area contributed by atoms with Crippen molar-refractivity contribution in [2.45, 2.75) is 19.1 Å². The Bertz CT molecular complexity index is 1190. The second-order valence-corrected chi connectivity index (χ2v) is 8.95. The van der Waals surface area contributed by atoms with Gasteiger partial charge in [0.25, 0.3) is 11.8 Å². The number of hydrogen-bond acceptors (Lipinski definition) is 5. The van der Waals surface area contributed by atoms with E-state index in [9.17, 15) is 22.8 Å². The van der Waals surface area contributed by atoms with Gasteiger partial charge in [-0.2, -0.15) is 13.2 Å². The second kappa shape index (κ2) is 9.50. The van der Waals surface area contributed by atoms with E-state index in [1.807, 2.05) is 0 Å².